The molecule has 2 aromatic rings. The molecule has 104 valence electrons. The molecule has 0 unspecified atom stereocenters. The minimum absolute atomic E-state index is 0.128. The number of aryl methyl sites for hydroxylation is 2. The Labute approximate surface area is 127 Å². The maximum atomic E-state index is 12.5. The third kappa shape index (κ3) is 3.02. The van der Waals surface area contributed by atoms with Crippen LogP contribution in [0.2, 0.25) is 0 Å². The third-order valence-electron chi connectivity index (χ3n) is 3.12. The lowest BCUT2D eigenvalue weighted by Crippen LogP contribution is -2.15. The van der Waals surface area contributed by atoms with Crippen LogP contribution < -0.4 is 10.1 Å². The van der Waals surface area contributed by atoms with Crippen LogP contribution in [0.25, 0.3) is 0 Å². The van der Waals surface area contributed by atoms with Gasteiger partial charge in [-0.25, -0.2) is 0 Å². The molecule has 1 N–H and O–H groups in total. The van der Waals surface area contributed by atoms with Crippen molar-refractivity contribution in [3.05, 3.63) is 57.6 Å². The van der Waals surface area contributed by atoms with Crippen molar-refractivity contribution < 1.29 is 9.53 Å². The van der Waals surface area contributed by atoms with E-state index in [1.807, 2.05) is 50.2 Å². The summed E-state index contributed by atoms with van der Waals surface area (Å²) in [5.41, 5.74) is 3.26. The molecule has 1 amide bonds. The van der Waals surface area contributed by atoms with Gasteiger partial charge >= 0.3 is 0 Å². The van der Waals surface area contributed by atoms with Crippen LogP contribution in [0.15, 0.2) is 40.9 Å². The number of halogens is 1. The van der Waals surface area contributed by atoms with Gasteiger partial charge in [-0.3, -0.25) is 4.79 Å². The first-order chi connectivity index (χ1) is 9.52. The summed E-state index contributed by atoms with van der Waals surface area (Å²) in [6, 6.07) is 11.3. The first-order valence-corrected chi connectivity index (χ1v) is 7.03. The molecule has 0 aromatic heterocycles. The van der Waals surface area contributed by atoms with E-state index >= 15 is 0 Å². The number of ether oxygens (including phenoxy) is 1. The molecule has 0 radical (unpaired) electrons. The van der Waals surface area contributed by atoms with Crippen molar-refractivity contribution >= 4 is 27.5 Å². The van der Waals surface area contributed by atoms with Crippen molar-refractivity contribution in [1.82, 2.24) is 0 Å². The fourth-order valence-electron chi connectivity index (χ4n) is 2.14. The van der Waals surface area contributed by atoms with E-state index in [1.165, 1.54) is 0 Å². The van der Waals surface area contributed by atoms with Crippen LogP contribution >= 0.6 is 15.9 Å². The Balaban J connectivity index is 2.35. The molecule has 4 heteroatoms. The van der Waals surface area contributed by atoms with Crippen molar-refractivity contribution in [3.63, 3.8) is 0 Å². The van der Waals surface area contributed by atoms with Crippen molar-refractivity contribution in [2.45, 2.75) is 13.8 Å². The smallest absolute Gasteiger partial charge is 0.256 e. The molecule has 20 heavy (non-hydrogen) atoms. The summed E-state index contributed by atoms with van der Waals surface area (Å²) in [4.78, 5) is 12.5. The molecule has 2 rings (SSSR count). The molecule has 0 aliphatic rings. The van der Waals surface area contributed by atoms with E-state index in [-0.39, 0.29) is 5.91 Å². The Morgan fingerprint density at radius 2 is 1.80 bits per heavy atom. The van der Waals surface area contributed by atoms with Crippen molar-refractivity contribution in [3.8, 4) is 5.75 Å². The summed E-state index contributed by atoms with van der Waals surface area (Å²) in [7, 11) is 1.58. The van der Waals surface area contributed by atoms with Gasteiger partial charge in [-0.1, -0.05) is 34.1 Å². The van der Waals surface area contributed by atoms with Crippen molar-refractivity contribution in [2.24, 2.45) is 0 Å². The van der Waals surface area contributed by atoms with Gasteiger partial charge in [0.2, 0.25) is 0 Å². The van der Waals surface area contributed by atoms with Gasteiger partial charge in [0.15, 0.2) is 0 Å². The Bertz CT molecular complexity index is 633. The highest BCUT2D eigenvalue weighted by Crippen LogP contribution is 2.28. The van der Waals surface area contributed by atoms with Crippen LogP contribution in [0.4, 0.5) is 5.69 Å². The Morgan fingerprint density at radius 1 is 1.15 bits per heavy atom. The maximum absolute atomic E-state index is 12.5. The van der Waals surface area contributed by atoms with E-state index in [9.17, 15) is 4.79 Å². The number of anilines is 1. The Hall–Kier alpha value is -1.81. The maximum Gasteiger partial charge on any atom is 0.256 e. The highest BCUT2D eigenvalue weighted by molar-refractivity contribution is 9.10. The van der Waals surface area contributed by atoms with Gasteiger partial charge in [-0.05, 0) is 43.2 Å². The largest absolute Gasteiger partial charge is 0.495 e. The molecule has 0 bridgehead atoms. The lowest BCUT2D eigenvalue weighted by molar-refractivity contribution is 0.102. The predicted octanol–water partition coefficient (Wildman–Crippen LogP) is 4.33. The molecule has 0 aliphatic carbocycles. The van der Waals surface area contributed by atoms with Gasteiger partial charge in [-0.2, -0.15) is 0 Å². The van der Waals surface area contributed by atoms with Gasteiger partial charge in [0.1, 0.15) is 5.75 Å². The fraction of sp³-hybridized carbons (Fsp3) is 0.188. The zero-order valence-corrected chi connectivity index (χ0v) is 13.2. The van der Waals surface area contributed by atoms with Crippen LogP contribution in [-0.4, -0.2) is 13.0 Å². The van der Waals surface area contributed by atoms with Crippen molar-refractivity contribution in [1.29, 1.82) is 0 Å². The molecule has 3 nitrogen and oxygen atoms in total. The molecule has 0 aliphatic heterocycles. The predicted molar refractivity (Wildman–Crippen MR) is 84.6 cm³/mol. The zero-order chi connectivity index (χ0) is 14.7. The standard InChI is InChI=1S/C16H16BrNO2/c1-10-5-4-6-11(2)15(10)16(19)18-13-9-12(17)7-8-14(13)20-3/h4-9H,1-3H3,(H,18,19). The van der Waals surface area contributed by atoms with E-state index in [0.717, 1.165) is 15.6 Å². The number of carbonyl (C=O) groups excluding carboxylic acids is 1. The molecule has 2 aromatic carbocycles. The summed E-state index contributed by atoms with van der Waals surface area (Å²) in [5.74, 6) is 0.504. The molecule has 0 atom stereocenters. The van der Waals surface area contributed by atoms with E-state index in [1.54, 1.807) is 7.11 Å². The molecule has 0 saturated heterocycles. The number of methoxy groups -OCH3 is 1. The van der Waals surface area contributed by atoms with Crippen LogP contribution in [-0.2, 0) is 0 Å². The highest BCUT2D eigenvalue weighted by atomic mass is 79.9. The SMILES string of the molecule is COc1ccc(Br)cc1NC(=O)c1c(C)cccc1C. The second-order valence-electron chi connectivity index (χ2n) is 4.57. The van der Waals surface area contributed by atoms with E-state index < -0.39 is 0 Å². The van der Waals surface area contributed by atoms with Crippen LogP contribution in [0.1, 0.15) is 21.5 Å². The first kappa shape index (κ1) is 14.6. The van der Waals surface area contributed by atoms with Gasteiger partial charge in [0, 0.05) is 10.0 Å². The summed E-state index contributed by atoms with van der Waals surface area (Å²) in [5, 5.41) is 2.91. The normalized spacial score (nSPS) is 10.2. The molecule has 0 spiro atoms. The summed E-state index contributed by atoms with van der Waals surface area (Å²) < 4.78 is 6.15. The van der Waals surface area contributed by atoms with Crippen LogP contribution in [0.3, 0.4) is 0 Å². The average molecular weight is 334 g/mol. The van der Waals surface area contributed by atoms with Gasteiger partial charge in [0.25, 0.3) is 5.91 Å². The number of hydrogen-bond acceptors (Lipinski definition) is 2. The number of hydrogen-bond donors (Lipinski definition) is 1. The third-order valence-corrected chi connectivity index (χ3v) is 3.61. The van der Waals surface area contributed by atoms with Gasteiger partial charge in [0.05, 0.1) is 12.8 Å². The monoisotopic (exact) mass is 333 g/mol. The number of nitrogens with one attached hydrogen (secondary N) is 1. The molecule has 0 saturated carbocycles. The molecule has 0 fully saturated rings. The Morgan fingerprint density at radius 3 is 2.40 bits per heavy atom. The number of amides is 1. The van der Waals surface area contributed by atoms with E-state index in [4.69, 9.17) is 4.74 Å². The number of carbonyl (C=O) groups is 1. The molecular weight excluding hydrogens is 318 g/mol. The van der Waals surface area contributed by atoms with E-state index in [2.05, 4.69) is 21.2 Å². The molecular formula is C16H16BrNO2. The second kappa shape index (κ2) is 6.09. The minimum Gasteiger partial charge on any atom is -0.495 e. The lowest BCUT2D eigenvalue weighted by Gasteiger charge is -2.13. The molecule has 0 heterocycles. The summed E-state index contributed by atoms with van der Waals surface area (Å²) in [6.07, 6.45) is 0. The first-order valence-electron chi connectivity index (χ1n) is 6.24. The summed E-state index contributed by atoms with van der Waals surface area (Å²) in [6.45, 7) is 3.86. The summed E-state index contributed by atoms with van der Waals surface area (Å²) >= 11 is 3.39. The quantitative estimate of drug-likeness (QED) is 0.907. The minimum atomic E-state index is -0.128. The number of rotatable bonds is 3. The average Bonchev–Trinajstić information content (AvgIpc) is 2.38. The second-order valence-corrected chi connectivity index (χ2v) is 5.48. The van der Waals surface area contributed by atoms with Gasteiger partial charge < -0.3 is 10.1 Å². The highest BCUT2D eigenvalue weighted by Gasteiger charge is 2.14. The van der Waals surface area contributed by atoms with Crippen LogP contribution in [0.5, 0.6) is 5.75 Å². The van der Waals surface area contributed by atoms with Crippen molar-refractivity contribution in [2.75, 3.05) is 12.4 Å². The number of benzene rings is 2. The Kier molecular flexibility index (Phi) is 4.45. The lowest BCUT2D eigenvalue weighted by atomic mass is 10.0. The zero-order valence-electron chi connectivity index (χ0n) is 11.7. The van der Waals surface area contributed by atoms with E-state index in [0.29, 0.717) is 17.0 Å². The fourth-order valence-corrected chi connectivity index (χ4v) is 2.50. The van der Waals surface area contributed by atoms with Gasteiger partial charge in [-0.15, -0.1) is 0 Å². The topological polar surface area (TPSA) is 38.3 Å². The van der Waals surface area contributed by atoms with Crippen LogP contribution in [0, 0.1) is 13.8 Å².